The third-order valence-electron chi connectivity index (χ3n) is 4.18. The first-order valence-electron chi connectivity index (χ1n) is 9.06. The molecular formula is C20H23N5O3S. The van der Waals surface area contributed by atoms with E-state index >= 15 is 0 Å². The normalized spacial score (nSPS) is 11.8. The molecule has 0 spiro atoms. The van der Waals surface area contributed by atoms with Gasteiger partial charge in [-0.1, -0.05) is 11.8 Å². The van der Waals surface area contributed by atoms with Crippen LogP contribution < -0.4 is 10.1 Å². The number of pyridine rings is 1. The van der Waals surface area contributed by atoms with Crippen molar-refractivity contribution in [2.45, 2.75) is 23.9 Å². The number of hydrogen-bond donors (Lipinski definition) is 1. The average Bonchev–Trinajstić information content (AvgIpc) is 3.15. The van der Waals surface area contributed by atoms with Crippen molar-refractivity contribution >= 4 is 23.4 Å². The van der Waals surface area contributed by atoms with Crippen molar-refractivity contribution < 1.29 is 14.3 Å². The second-order valence-electron chi connectivity index (χ2n) is 6.16. The molecule has 1 amide bonds. The van der Waals surface area contributed by atoms with Crippen LogP contribution in [0.2, 0.25) is 0 Å². The molecule has 1 N–H and O–H groups in total. The summed E-state index contributed by atoms with van der Waals surface area (Å²) in [6.07, 6.45) is 3.42. The summed E-state index contributed by atoms with van der Waals surface area (Å²) in [6, 6.07) is 11.0. The fraction of sp³-hybridized carbons (Fsp3) is 0.300. The number of anilines is 1. The van der Waals surface area contributed by atoms with Crippen molar-refractivity contribution in [3.8, 4) is 17.1 Å². The molecule has 0 saturated carbocycles. The Morgan fingerprint density at radius 2 is 1.86 bits per heavy atom. The lowest BCUT2D eigenvalue weighted by Crippen LogP contribution is -2.23. The van der Waals surface area contributed by atoms with E-state index in [1.165, 1.54) is 11.8 Å². The Labute approximate surface area is 173 Å². The molecule has 2 heterocycles. The van der Waals surface area contributed by atoms with E-state index in [2.05, 4.69) is 20.5 Å². The number of ether oxygens (including phenoxy) is 2. The smallest absolute Gasteiger partial charge is 0.237 e. The highest BCUT2D eigenvalue weighted by molar-refractivity contribution is 8.00. The molecule has 2 aromatic heterocycles. The number of hydrogen-bond acceptors (Lipinski definition) is 7. The minimum Gasteiger partial charge on any atom is -0.497 e. The van der Waals surface area contributed by atoms with E-state index in [1.807, 2.05) is 23.6 Å². The number of thioether (sulfide) groups is 1. The summed E-state index contributed by atoms with van der Waals surface area (Å²) >= 11 is 1.35. The monoisotopic (exact) mass is 413 g/mol. The molecule has 1 aromatic carbocycles. The van der Waals surface area contributed by atoms with Crippen LogP contribution in [0.1, 0.15) is 6.92 Å². The van der Waals surface area contributed by atoms with E-state index < -0.39 is 0 Å². The standard InChI is InChI=1S/C20H23N5O3S/c1-14(19(26)22-16-4-6-17(28-3)7-5-16)29-20-24-23-18(25(20)12-13-27-2)15-8-10-21-11-9-15/h4-11,14H,12-13H2,1-3H3,(H,22,26). The maximum Gasteiger partial charge on any atom is 0.237 e. The average molecular weight is 414 g/mol. The molecule has 0 fully saturated rings. The number of nitrogens with one attached hydrogen (secondary N) is 1. The zero-order chi connectivity index (χ0) is 20.6. The van der Waals surface area contributed by atoms with Crippen molar-refractivity contribution in [2.75, 3.05) is 26.1 Å². The molecule has 0 aliphatic rings. The summed E-state index contributed by atoms with van der Waals surface area (Å²) < 4.78 is 12.3. The van der Waals surface area contributed by atoms with Crippen LogP contribution in [0.3, 0.4) is 0 Å². The summed E-state index contributed by atoms with van der Waals surface area (Å²) in [4.78, 5) is 16.7. The molecule has 152 valence electrons. The molecular weight excluding hydrogens is 390 g/mol. The van der Waals surface area contributed by atoms with Crippen molar-refractivity contribution in [3.05, 3.63) is 48.8 Å². The number of carbonyl (C=O) groups excluding carboxylic acids is 1. The van der Waals surface area contributed by atoms with Gasteiger partial charge in [0.25, 0.3) is 0 Å². The van der Waals surface area contributed by atoms with E-state index in [9.17, 15) is 4.79 Å². The van der Waals surface area contributed by atoms with Gasteiger partial charge in [0, 0.05) is 30.8 Å². The zero-order valence-electron chi connectivity index (χ0n) is 16.5. The van der Waals surface area contributed by atoms with Gasteiger partial charge in [-0.05, 0) is 43.3 Å². The van der Waals surface area contributed by atoms with E-state index in [4.69, 9.17) is 9.47 Å². The molecule has 0 saturated heterocycles. The Bertz CT molecular complexity index is 931. The van der Waals surface area contributed by atoms with Crippen LogP contribution in [0.4, 0.5) is 5.69 Å². The van der Waals surface area contributed by atoms with Crippen LogP contribution in [0.25, 0.3) is 11.4 Å². The third kappa shape index (κ3) is 5.33. The molecule has 0 radical (unpaired) electrons. The van der Waals surface area contributed by atoms with Gasteiger partial charge in [0.05, 0.1) is 25.5 Å². The molecule has 1 atom stereocenters. The quantitative estimate of drug-likeness (QED) is 0.539. The highest BCUT2D eigenvalue weighted by Gasteiger charge is 2.21. The maximum absolute atomic E-state index is 12.6. The molecule has 3 aromatic rings. The highest BCUT2D eigenvalue weighted by Crippen LogP contribution is 2.27. The molecule has 8 nitrogen and oxygen atoms in total. The van der Waals surface area contributed by atoms with Gasteiger partial charge in [0.2, 0.25) is 5.91 Å². The maximum atomic E-state index is 12.6. The van der Waals surface area contributed by atoms with Gasteiger partial charge in [0.15, 0.2) is 11.0 Å². The summed E-state index contributed by atoms with van der Waals surface area (Å²) in [5, 5.41) is 11.8. The van der Waals surface area contributed by atoms with E-state index in [-0.39, 0.29) is 11.2 Å². The number of amides is 1. The summed E-state index contributed by atoms with van der Waals surface area (Å²) in [6.45, 7) is 2.93. The molecule has 29 heavy (non-hydrogen) atoms. The fourth-order valence-corrected chi connectivity index (χ4v) is 3.48. The summed E-state index contributed by atoms with van der Waals surface area (Å²) in [7, 11) is 3.25. The lowest BCUT2D eigenvalue weighted by Gasteiger charge is -2.14. The second-order valence-corrected chi connectivity index (χ2v) is 7.47. The van der Waals surface area contributed by atoms with Crippen LogP contribution in [0, 0.1) is 0 Å². The SMILES string of the molecule is COCCn1c(SC(C)C(=O)Nc2ccc(OC)cc2)nnc1-c1ccncc1. The van der Waals surface area contributed by atoms with Crippen molar-refractivity contribution in [3.63, 3.8) is 0 Å². The van der Waals surface area contributed by atoms with Gasteiger partial charge >= 0.3 is 0 Å². The Kier molecular flexibility index (Phi) is 7.20. The summed E-state index contributed by atoms with van der Waals surface area (Å²) in [5.74, 6) is 1.34. The van der Waals surface area contributed by atoms with Gasteiger partial charge in [-0.3, -0.25) is 14.3 Å². The lowest BCUT2D eigenvalue weighted by molar-refractivity contribution is -0.115. The van der Waals surface area contributed by atoms with Gasteiger partial charge < -0.3 is 14.8 Å². The first kappa shape index (κ1) is 20.8. The zero-order valence-corrected chi connectivity index (χ0v) is 17.3. The lowest BCUT2D eigenvalue weighted by atomic mass is 10.2. The number of carbonyl (C=O) groups is 1. The van der Waals surface area contributed by atoms with Crippen LogP contribution >= 0.6 is 11.8 Å². The Morgan fingerprint density at radius 3 is 2.52 bits per heavy atom. The molecule has 3 rings (SSSR count). The first-order valence-corrected chi connectivity index (χ1v) is 9.94. The minimum atomic E-state index is -0.368. The highest BCUT2D eigenvalue weighted by atomic mass is 32.2. The van der Waals surface area contributed by atoms with Crippen LogP contribution in [0.15, 0.2) is 53.9 Å². The van der Waals surface area contributed by atoms with Crippen LogP contribution in [-0.4, -0.2) is 51.7 Å². The predicted octanol–water partition coefficient (Wildman–Crippen LogP) is 3.11. The van der Waals surface area contributed by atoms with Crippen molar-refractivity contribution in [1.82, 2.24) is 19.7 Å². The third-order valence-corrected chi connectivity index (χ3v) is 5.26. The van der Waals surface area contributed by atoms with E-state index in [0.717, 1.165) is 17.1 Å². The number of benzene rings is 1. The largest absolute Gasteiger partial charge is 0.497 e. The topological polar surface area (TPSA) is 91.2 Å². The fourth-order valence-electron chi connectivity index (χ4n) is 2.60. The Balaban J connectivity index is 1.73. The van der Waals surface area contributed by atoms with Gasteiger partial charge in [-0.25, -0.2) is 0 Å². The molecule has 9 heteroatoms. The Hall–Kier alpha value is -2.91. The van der Waals surface area contributed by atoms with Gasteiger partial charge in [-0.2, -0.15) is 0 Å². The predicted molar refractivity (Wildman–Crippen MR) is 112 cm³/mol. The summed E-state index contributed by atoms with van der Waals surface area (Å²) in [5.41, 5.74) is 1.62. The van der Waals surface area contributed by atoms with E-state index in [1.54, 1.807) is 50.9 Å². The molecule has 0 bridgehead atoms. The van der Waals surface area contributed by atoms with Crippen molar-refractivity contribution in [2.24, 2.45) is 0 Å². The van der Waals surface area contributed by atoms with Gasteiger partial charge in [-0.15, -0.1) is 10.2 Å². The second kappa shape index (κ2) is 10.0. The van der Waals surface area contributed by atoms with Crippen molar-refractivity contribution in [1.29, 1.82) is 0 Å². The number of rotatable bonds is 9. The van der Waals surface area contributed by atoms with E-state index in [0.29, 0.717) is 24.0 Å². The number of methoxy groups -OCH3 is 2. The Morgan fingerprint density at radius 1 is 1.14 bits per heavy atom. The minimum absolute atomic E-state index is 0.119. The number of nitrogens with zero attached hydrogens (tertiary/aromatic N) is 4. The number of aromatic nitrogens is 4. The van der Waals surface area contributed by atoms with Crippen LogP contribution in [-0.2, 0) is 16.1 Å². The van der Waals surface area contributed by atoms with Gasteiger partial charge in [0.1, 0.15) is 5.75 Å². The molecule has 1 unspecified atom stereocenters. The van der Waals surface area contributed by atoms with Crippen LogP contribution in [0.5, 0.6) is 5.75 Å². The molecule has 0 aliphatic heterocycles. The first-order chi connectivity index (χ1) is 14.1. The molecule has 0 aliphatic carbocycles.